The van der Waals surface area contributed by atoms with Crippen molar-refractivity contribution in [3.8, 4) is 5.75 Å². The number of Topliss-reactive ketones (excluding diaryl/α,β-unsaturated/α-hetero) is 1. The molecule has 128 valence electrons. The zero-order valence-corrected chi connectivity index (χ0v) is 14.5. The first-order valence-corrected chi connectivity index (χ1v) is 7.24. The maximum absolute atomic E-state index is 12.1. The summed E-state index contributed by atoms with van der Waals surface area (Å²) in [7, 11) is 1.17. The highest BCUT2D eigenvalue weighted by molar-refractivity contribution is 6.32. The molecule has 2 aromatic carbocycles. The Morgan fingerprint density at radius 2 is 1.83 bits per heavy atom. The number of nitrogens with two attached hydrogens (primary N) is 1. The number of methoxy groups -OCH3 is 1. The van der Waals surface area contributed by atoms with Crippen LogP contribution in [0.15, 0.2) is 48.5 Å². The summed E-state index contributed by atoms with van der Waals surface area (Å²) in [4.78, 5) is 23.4. The number of carbonyl (C=O) groups excluding carboxylic acids is 2. The molecule has 0 saturated heterocycles. The minimum atomic E-state index is -1.37. The van der Waals surface area contributed by atoms with Gasteiger partial charge in [-0.2, -0.15) is 0 Å². The molecule has 0 bridgehead atoms. The number of halogens is 2. The third-order valence-electron chi connectivity index (χ3n) is 3.19. The minimum Gasteiger partial charge on any atom is -0.487 e. The van der Waals surface area contributed by atoms with Crippen molar-refractivity contribution in [1.29, 1.82) is 0 Å². The van der Waals surface area contributed by atoms with Gasteiger partial charge in [0.25, 0.3) is 0 Å². The van der Waals surface area contributed by atoms with E-state index >= 15 is 0 Å². The number of hydrogen-bond donors (Lipinski definition) is 1. The summed E-state index contributed by atoms with van der Waals surface area (Å²) >= 11 is 6.12. The van der Waals surface area contributed by atoms with Crippen molar-refractivity contribution in [3.63, 3.8) is 0 Å². The topological polar surface area (TPSA) is 78.6 Å². The SMILES string of the molecule is COC(=O)C(N)C(=O)c1ccc(OCc2ccccc2)c(Cl)c1.Cl. The van der Waals surface area contributed by atoms with Gasteiger partial charge in [-0.25, -0.2) is 4.79 Å². The van der Waals surface area contributed by atoms with Crippen LogP contribution in [0.2, 0.25) is 5.02 Å². The summed E-state index contributed by atoms with van der Waals surface area (Å²) in [5.74, 6) is -0.914. The van der Waals surface area contributed by atoms with Crippen LogP contribution in [0.25, 0.3) is 0 Å². The molecule has 5 nitrogen and oxygen atoms in total. The van der Waals surface area contributed by atoms with Gasteiger partial charge in [0.05, 0.1) is 12.1 Å². The molecule has 2 rings (SSSR count). The van der Waals surface area contributed by atoms with Crippen molar-refractivity contribution < 1.29 is 19.1 Å². The first-order valence-electron chi connectivity index (χ1n) is 6.87. The Balaban J connectivity index is 0.00000288. The molecule has 1 atom stereocenters. The molecule has 1 unspecified atom stereocenters. The molecule has 0 aliphatic carbocycles. The molecule has 0 radical (unpaired) electrons. The molecule has 0 aliphatic rings. The average Bonchev–Trinajstić information content (AvgIpc) is 2.59. The summed E-state index contributed by atoms with van der Waals surface area (Å²) in [5.41, 5.74) is 6.75. The first-order chi connectivity index (χ1) is 11.0. The van der Waals surface area contributed by atoms with Gasteiger partial charge in [-0.3, -0.25) is 4.79 Å². The lowest BCUT2D eigenvalue weighted by molar-refractivity contribution is -0.140. The maximum Gasteiger partial charge on any atom is 0.330 e. The highest BCUT2D eigenvalue weighted by Crippen LogP contribution is 2.26. The molecule has 24 heavy (non-hydrogen) atoms. The normalized spacial score (nSPS) is 11.1. The molecule has 0 spiro atoms. The summed E-state index contributed by atoms with van der Waals surface area (Å²) in [6, 6.07) is 12.7. The van der Waals surface area contributed by atoms with Crippen molar-refractivity contribution >= 4 is 35.8 Å². The van der Waals surface area contributed by atoms with E-state index in [0.29, 0.717) is 12.4 Å². The van der Waals surface area contributed by atoms with Crippen LogP contribution in [0.1, 0.15) is 15.9 Å². The smallest absolute Gasteiger partial charge is 0.330 e. The fourth-order valence-corrected chi connectivity index (χ4v) is 2.16. The van der Waals surface area contributed by atoms with Crippen molar-refractivity contribution in [1.82, 2.24) is 0 Å². The molecule has 0 aliphatic heterocycles. The van der Waals surface area contributed by atoms with Gasteiger partial charge in [0, 0.05) is 5.56 Å². The largest absolute Gasteiger partial charge is 0.487 e. The number of carbonyl (C=O) groups is 2. The van der Waals surface area contributed by atoms with Gasteiger partial charge in [0.15, 0.2) is 11.8 Å². The zero-order chi connectivity index (χ0) is 16.8. The van der Waals surface area contributed by atoms with Crippen LogP contribution in [0.5, 0.6) is 5.75 Å². The molecule has 0 saturated carbocycles. The van der Waals surface area contributed by atoms with E-state index in [-0.39, 0.29) is 23.0 Å². The Kier molecular flexibility index (Phi) is 7.71. The van der Waals surface area contributed by atoms with Crippen molar-refractivity contribution in [2.75, 3.05) is 7.11 Å². The zero-order valence-electron chi connectivity index (χ0n) is 12.9. The Labute approximate surface area is 151 Å². The summed E-state index contributed by atoms with van der Waals surface area (Å²) < 4.78 is 10.1. The Hall–Kier alpha value is -2.08. The molecule has 0 amide bonds. The highest BCUT2D eigenvalue weighted by Gasteiger charge is 2.24. The predicted molar refractivity (Wildman–Crippen MR) is 93.8 cm³/mol. The number of rotatable bonds is 6. The summed E-state index contributed by atoms with van der Waals surface area (Å²) in [5, 5.41) is 0.267. The van der Waals surface area contributed by atoms with Gasteiger partial charge in [-0.1, -0.05) is 41.9 Å². The van der Waals surface area contributed by atoms with E-state index in [9.17, 15) is 9.59 Å². The van der Waals surface area contributed by atoms with Crippen LogP contribution >= 0.6 is 24.0 Å². The number of hydrogen-bond acceptors (Lipinski definition) is 5. The fraction of sp³-hybridized carbons (Fsp3) is 0.176. The van der Waals surface area contributed by atoms with Crippen LogP contribution in [0, 0.1) is 0 Å². The Morgan fingerprint density at radius 1 is 1.17 bits per heavy atom. The first kappa shape index (κ1) is 20.0. The number of ether oxygens (including phenoxy) is 2. The summed E-state index contributed by atoms with van der Waals surface area (Å²) in [6.07, 6.45) is 0. The van der Waals surface area contributed by atoms with Gasteiger partial charge in [0.1, 0.15) is 12.4 Å². The third kappa shape index (κ3) is 4.96. The van der Waals surface area contributed by atoms with Crippen LogP contribution in [-0.4, -0.2) is 24.9 Å². The molecular formula is C17H17Cl2NO4. The average molecular weight is 370 g/mol. The van der Waals surface area contributed by atoms with E-state index in [1.54, 1.807) is 6.07 Å². The fourth-order valence-electron chi connectivity index (χ4n) is 1.92. The van der Waals surface area contributed by atoms with Gasteiger partial charge in [-0.15, -0.1) is 12.4 Å². The van der Waals surface area contributed by atoms with E-state index < -0.39 is 17.8 Å². The molecule has 0 aromatic heterocycles. The van der Waals surface area contributed by atoms with Crippen molar-refractivity contribution in [2.24, 2.45) is 5.73 Å². The van der Waals surface area contributed by atoms with E-state index in [4.69, 9.17) is 22.1 Å². The van der Waals surface area contributed by atoms with Crippen LogP contribution in [-0.2, 0) is 16.1 Å². The molecule has 2 N–H and O–H groups in total. The second kappa shape index (κ2) is 9.27. The minimum absolute atomic E-state index is 0. The van der Waals surface area contributed by atoms with Gasteiger partial charge >= 0.3 is 5.97 Å². The number of esters is 1. The lowest BCUT2D eigenvalue weighted by atomic mass is 10.0. The number of ketones is 1. The lowest BCUT2D eigenvalue weighted by Gasteiger charge is -2.11. The maximum atomic E-state index is 12.1. The molecule has 2 aromatic rings. The summed E-state index contributed by atoms with van der Waals surface area (Å²) in [6.45, 7) is 0.357. The van der Waals surface area contributed by atoms with E-state index in [1.807, 2.05) is 30.3 Å². The van der Waals surface area contributed by atoms with E-state index in [1.165, 1.54) is 19.2 Å². The van der Waals surface area contributed by atoms with Crippen LogP contribution in [0.4, 0.5) is 0 Å². The van der Waals surface area contributed by atoms with Crippen molar-refractivity contribution in [2.45, 2.75) is 12.6 Å². The molecule has 0 fully saturated rings. The number of benzene rings is 2. The molecule has 0 heterocycles. The van der Waals surface area contributed by atoms with Gasteiger partial charge < -0.3 is 15.2 Å². The third-order valence-corrected chi connectivity index (χ3v) is 3.49. The van der Waals surface area contributed by atoms with Crippen molar-refractivity contribution in [3.05, 3.63) is 64.7 Å². The highest BCUT2D eigenvalue weighted by atomic mass is 35.5. The molecule has 7 heteroatoms. The monoisotopic (exact) mass is 369 g/mol. The quantitative estimate of drug-likeness (QED) is 0.480. The van der Waals surface area contributed by atoms with Crippen LogP contribution in [0.3, 0.4) is 0 Å². The van der Waals surface area contributed by atoms with Gasteiger partial charge in [0.2, 0.25) is 0 Å². The van der Waals surface area contributed by atoms with E-state index in [2.05, 4.69) is 4.74 Å². The second-order valence-corrected chi connectivity index (χ2v) is 5.19. The van der Waals surface area contributed by atoms with E-state index in [0.717, 1.165) is 5.56 Å². The standard InChI is InChI=1S/C17H16ClNO4.ClH/c1-22-17(21)15(19)16(20)12-7-8-14(13(18)9-12)23-10-11-5-3-2-4-6-11;/h2-9,15H,10,19H2,1H3;1H. The Morgan fingerprint density at radius 3 is 2.42 bits per heavy atom. The Bertz CT molecular complexity index is 707. The van der Waals surface area contributed by atoms with Gasteiger partial charge in [-0.05, 0) is 23.8 Å². The van der Waals surface area contributed by atoms with Crippen LogP contribution < -0.4 is 10.5 Å². The molecular weight excluding hydrogens is 353 g/mol. The second-order valence-electron chi connectivity index (χ2n) is 4.78. The lowest BCUT2D eigenvalue weighted by Crippen LogP contribution is -2.39. The predicted octanol–water partition coefficient (Wildman–Crippen LogP) is 3.02.